The number of hydrogen-bond acceptors (Lipinski definition) is 9. The summed E-state index contributed by atoms with van der Waals surface area (Å²) in [6.45, 7) is 6.01. The van der Waals surface area contributed by atoms with Crippen LogP contribution in [-0.2, 0) is 15.3 Å². The number of aromatic nitrogens is 2. The number of pyridine rings is 1. The van der Waals surface area contributed by atoms with Crippen LogP contribution in [0.5, 0.6) is 11.5 Å². The van der Waals surface area contributed by atoms with Crippen molar-refractivity contribution in [1.29, 1.82) is 0 Å². The van der Waals surface area contributed by atoms with E-state index in [9.17, 15) is 22.8 Å². The summed E-state index contributed by atoms with van der Waals surface area (Å²) in [5.74, 6) is -0.0542. The summed E-state index contributed by atoms with van der Waals surface area (Å²) < 4.78 is 29.4. The Bertz CT molecular complexity index is 1520. The van der Waals surface area contributed by atoms with E-state index >= 15 is 0 Å². The Morgan fingerprint density at radius 1 is 1.00 bits per heavy atom. The first-order valence-electron chi connectivity index (χ1n) is 12.4. The topological polar surface area (TPSA) is 160 Å². The lowest BCUT2D eigenvalue weighted by molar-refractivity contribution is 0.0765. The van der Waals surface area contributed by atoms with Crippen LogP contribution in [0.3, 0.4) is 0 Å². The molecule has 3 aromatic rings. The first-order valence-corrected chi connectivity index (χ1v) is 15.0. The molecule has 1 saturated heterocycles. The number of amides is 4. The zero-order chi connectivity index (χ0) is 29.1. The summed E-state index contributed by atoms with van der Waals surface area (Å²) in [6.07, 6.45) is 1.47. The van der Waals surface area contributed by atoms with Crippen LogP contribution >= 0.6 is 11.3 Å². The van der Waals surface area contributed by atoms with Gasteiger partial charge < -0.3 is 20.3 Å². The van der Waals surface area contributed by atoms with Crippen LogP contribution in [0.1, 0.15) is 46.8 Å². The first-order chi connectivity index (χ1) is 18.8. The average Bonchev–Trinajstić information content (AvgIpc) is 3.33. The van der Waals surface area contributed by atoms with Crippen LogP contribution in [0.15, 0.2) is 42.6 Å². The molecule has 1 fully saturated rings. The maximum absolute atomic E-state index is 13.2. The van der Waals surface area contributed by atoms with E-state index in [2.05, 4.69) is 25.9 Å². The molecule has 4 rings (SSSR count). The highest BCUT2D eigenvalue weighted by Crippen LogP contribution is 2.34. The van der Waals surface area contributed by atoms with Gasteiger partial charge in [0, 0.05) is 43.5 Å². The molecule has 0 saturated carbocycles. The fraction of sp³-hybridized carbons (Fsp3) is 0.346. The van der Waals surface area contributed by atoms with Gasteiger partial charge in [-0.25, -0.2) is 18.2 Å². The number of carbonyl (C=O) groups excluding carboxylic acids is 3. The van der Waals surface area contributed by atoms with Crippen molar-refractivity contribution in [1.82, 2.24) is 20.2 Å². The molecule has 40 heavy (non-hydrogen) atoms. The van der Waals surface area contributed by atoms with Gasteiger partial charge in [-0.2, -0.15) is 0 Å². The number of nitrogens with zero attached hydrogens (tertiary/aromatic N) is 3. The van der Waals surface area contributed by atoms with Crippen LogP contribution in [-0.4, -0.2) is 72.8 Å². The van der Waals surface area contributed by atoms with E-state index in [1.807, 2.05) is 20.8 Å². The predicted octanol–water partition coefficient (Wildman–Crippen LogP) is 3.50. The van der Waals surface area contributed by atoms with Gasteiger partial charge in [-0.15, -0.1) is 0 Å². The number of thiazole rings is 1. The van der Waals surface area contributed by atoms with Crippen molar-refractivity contribution in [2.45, 2.75) is 26.2 Å². The van der Waals surface area contributed by atoms with Crippen molar-refractivity contribution in [3.63, 3.8) is 0 Å². The lowest BCUT2D eigenvalue weighted by atomic mass is 9.98. The van der Waals surface area contributed by atoms with E-state index in [0.717, 1.165) is 0 Å². The van der Waals surface area contributed by atoms with Crippen LogP contribution in [0.2, 0.25) is 0 Å². The lowest BCUT2D eigenvalue weighted by Crippen LogP contribution is -2.44. The van der Waals surface area contributed by atoms with E-state index in [1.165, 1.54) is 35.5 Å². The zero-order valence-electron chi connectivity index (χ0n) is 22.5. The number of ether oxygens (including phenoxy) is 1. The number of rotatable bonds is 6. The average molecular weight is 587 g/mol. The molecule has 0 unspecified atom stereocenters. The molecule has 0 spiro atoms. The van der Waals surface area contributed by atoms with Crippen LogP contribution in [0.25, 0.3) is 0 Å². The third-order valence-corrected chi connectivity index (χ3v) is 8.87. The first kappa shape index (κ1) is 29.0. The third-order valence-electron chi connectivity index (χ3n) is 5.87. The Morgan fingerprint density at radius 2 is 1.68 bits per heavy atom. The highest BCUT2D eigenvalue weighted by Gasteiger charge is 2.31. The molecule has 1 aliphatic heterocycles. The SMILES string of the molecule is CNC(=O)c1cc(Oc2ccc(NC(=O)Nc3sc(C(C)(C)C)nc3C(=O)N3CCS(=O)(=O)CC3)cc2)ccn1. The molecule has 3 N–H and O–H groups in total. The maximum atomic E-state index is 13.2. The molecular weight excluding hydrogens is 556 g/mol. The molecule has 0 bridgehead atoms. The smallest absolute Gasteiger partial charge is 0.324 e. The van der Waals surface area contributed by atoms with E-state index in [1.54, 1.807) is 30.3 Å². The highest BCUT2D eigenvalue weighted by atomic mass is 32.2. The number of urea groups is 1. The quantitative estimate of drug-likeness (QED) is 0.396. The molecule has 2 aromatic heterocycles. The highest BCUT2D eigenvalue weighted by molar-refractivity contribution is 7.91. The number of anilines is 2. The predicted molar refractivity (Wildman–Crippen MR) is 152 cm³/mol. The molecule has 1 aliphatic rings. The van der Waals surface area contributed by atoms with E-state index in [-0.39, 0.29) is 52.3 Å². The van der Waals surface area contributed by atoms with E-state index < -0.39 is 21.8 Å². The van der Waals surface area contributed by atoms with Crippen molar-refractivity contribution in [3.8, 4) is 11.5 Å². The minimum Gasteiger partial charge on any atom is -0.457 e. The molecular formula is C26H30N6O6S2. The molecule has 212 valence electrons. The van der Waals surface area contributed by atoms with E-state index in [4.69, 9.17) is 4.74 Å². The molecule has 14 heteroatoms. The fourth-order valence-electron chi connectivity index (χ4n) is 3.67. The van der Waals surface area contributed by atoms with Gasteiger partial charge in [0.1, 0.15) is 27.2 Å². The Labute approximate surface area is 236 Å². The molecule has 12 nitrogen and oxygen atoms in total. The minimum atomic E-state index is -3.16. The summed E-state index contributed by atoms with van der Waals surface area (Å²) in [5.41, 5.74) is 0.408. The van der Waals surface area contributed by atoms with Gasteiger partial charge in [0.05, 0.1) is 11.5 Å². The summed E-state index contributed by atoms with van der Waals surface area (Å²) in [7, 11) is -1.65. The number of nitrogens with one attached hydrogen (secondary N) is 3. The van der Waals surface area contributed by atoms with Gasteiger partial charge in [0.15, 0.2) is 15.5 Å². The monoisotopic (exact) mass is 586 g/mol. The summed E-state index contributed by atoms with van der Waals surface area (Å²) >= 11 is 1.20. The maximum Gasteiger partial charge on any atom is 0.324 e. The summed E-state index contributed by atoms with van der Waals surface area (Å²) in [6, 6.07) is 9.15. The second kappa shape index (κ2) is 11.6. The minimum absolute atomic E-state index is 0.0796. The lowest BCUT2D eigenvalue weighted by Gasteiger charge is -2.26. The Morgan fingerprint density at radius 3 is 2.30 bits per heavy atom. The number of benzene rings is 1. The number of hydrogen-bond donors (Lipinski definition) is 3. The largest absolute Gasteiger partial charge is 0.457 e. The van der Waals surface area contributed by atoms with Gasteiger partial charge in [-0.05, 0) is 30.3 Å². The molecule has 0 aliphatic carbocycles. The van der Waals surface area contributed by atoms with Crippen molar-refractivity contribution < 1.29 is 27.5 Å². The van der Waals surface area contributed by atoms with Crippen molar-refractivity contribution in [3.05, 3.63) is 59.0 Å². The number of carbonyl (C=O) groups is 3. The van der Waals surface area contributed by atoms with Gasteiger partial charge in [-0.3, -0.25) is 19.9 Å². The zero-order valence-corrected chi connectivity index (χ0v) is 24.1. The van der Waals surface area contributed by atoms with Crippen LogP contribution < -0.4 is 20.7 Å². The third kappa shape index (κ3) is 7.12. The molecule has 1 aromatic carbocycles. The van der Waals surface area contributed by atoms with Gasteiger partial charge >= 0.3 is 6.03 Å². The second-order valence-corrected chi connectivity index (χ2v) is 13.4. The van der Waals surface area contributed by atoms with Crippen LogP contribution in [0, 0.1) is 0 Å². The molecule has 4 amide bonds. The Hall–Kier alpha value is -4.04. The van der Waals surface area contributed by atoms with Crippen molar-refractivity contribution in [2.24, 2.45) is 0 Å². The molecule has 0 radical (unpaired) electrons. The summed E-state index contributed by atoms with van der Waals surface area (Å²) in [5, 5.41) is 8.90. The van der Waals surface area contributed by atoms with Crippen molar-refractivity contribution in [2.75, 3.05) is 42.3 Å². The van der Waals surface area contributed by atoms with Crippen molar-refractivity contribution >= 4 is 49.7 Å². The standard InChI is InChI=1S/C26H30N6O6S2/c1-26(2,3)24-30-20(23(34)32-11-13-40(36,37)14-12-32)22(39-24)31-25(35)29-16-5-7-17(8-6-16)38-18-9-10-28-19(15-18)21(33)27-4/h5-10,15H,11-14H2,1-4H3,(H,27,33)(H2,29,31,35). The Balaban J connectivity index is 1.44. The normalized spacial score (nSPS) is 14.8. The summed E-state index contributed by atoms with van der Waals surface area (Å²) in [4.78, 5) is 47.8. The van der Waals surface area contributed by atoms with Gasteiger partial charge in [0.2, 0.25) is 0 Å². The number of sulfone groups is 1. The van der Waals surface area contributed by atoms with Gasteiger partial charge in [0.25, 0.3) is 11.8 Å². The molecule has 3 heterocycles. The van der Waals surface area contributed by atoms with Gasteiger partial charge in [-0.1, -0.05) is 32.1 Å². The Kier molecular flexibility index (Phi) is 8.40. The van der Waals surface area contributed by atoms with E-state index in [0.29, 0.717) is 22.2 Å². The van der Waals surface area contributed by atoms with Crippen LogP contribution in [0.4, 0.5) is 15.5 Å². The fourth-order valence-corrected chi connectivity index (χ4v) is 5.88. The molecule has 0 atom stereocenters. The second-order valence-electron chi connectivity index (χ2n) is 10.1.